The van der Waals surface area contributed by atoms with E-state index in [4.69, 9.17) is 22.1 Å². The Labute approximate surface area is 303 Å². The summed E-state index contributed by atoms with van der Waals surface area (Å²) in [6.07, 6.45) is 20.2. The molecule has 7 nitrogen and oxygen atoms in total. The van der Waals surface area contributed by atoms with Crippen molar-refractivity contribution in [2.24, 2.45) is 10.7 Å². The predicted octanol–water partition coefficient (Wildman–Crippen LogP) is 10.6. The molecule has 0 aromatic heterocycles. The van der Waals surface area contributed by atoms with E-state index in [1.54, 1.807) is 36.6 Å². The first-order chi connectivity index (χ1) is 24.1. The largest absolute Gasteiger partial charge is 0.489 e. The molecule has 270 valence electrons. The van der Waals surface area contributed by atoms with Crippen molar-refractivity contribution in [2.75, 3.05) is 11.9 Å². The van der Waals surface area contributed by atoms with Gasteiger partial charge in [-0.1, -0.05) is 87.9 Å². The van der Waals surface area contributed by atoms with Crippen LogP contribution in [0.2, 0.25) is 5.02 Å². The van der Waals surface area contributed by atoms with Crippen LogP contribution in [0.4, 0.5) is 15.8 Å². The summed E-state index contributed by atoms with van der Waals surface area (Å²) in [7, 11) is 0. The minimum atomic E-state index is -0.530. The number of allylic oxidation sites excluding steroid dienone is 5. The molecule has 2 aromatic rings. The molecular formula is C41H54ClFN4O3. The van der Waals surface area contributed by atoms with Crippen LogP contribution in [0, 0.1) is 0 Å². The van der Waals surface area contributed by atoms with Gasteiger partial charge in [0.25, 0.3) is 0 Å². The van der Waals surface area contributed by atoms with Crippen molar-refractivity contribution in [3.05, 3.63) is 113 Å². The molecule has 0 aliphatic rings. The maximum atomic E-state index is 13.4. The second kappa shape index (κ2) is 23.8. The summed E-state index contributed by atoms with van der Waals surface area (Å²) in [6, 6.07) is 12.6. The molecule has 2 amide bonds. The molecule has 0 bridgehead atoms. The van der Waals surface area contributed by atoms with E-state index in [1.807, 2.05) is 63.3 Å². The zero-order valence-electron chi connectivity index (χ0n) is 30.2. The molecule has 0 heterocycles. The van der Waals surface area contributed by atoms with Crippen molar-refractivity contribution < 1.29 is 18.7 Å². The zero-order valence-corrected chi connectivity index (χ0v) is 30.9. The maximum absolute atomic E-state index is 13.4. The van der Waals surface area contributed by atoms with Gasteiger partial charge in [0.2, 0.25) is 11.8 Å². The molecule has 2 unspecified atom stereocenters. The highest BCUT2D eigenvalue weighted by Crippen LogP contribution is 2.28. The molecule has 0 aliphatic heterocycles. The summed E-state index contributed by atoms with van der Waals surface area (Å²) in [5.41, 5.74) is 9.93. The quantitative estimate of drug-likeness (QED) is 0.0491. The lowest BCUT2D eigenvalue weighted by molar-refractivity contribution is -0.121. The van der Waals surface area contributed by atoms with E-state index < -0.39 is 5.91 Å². The monoisotopic (exact) mass is 704 g/mol. The number of benzene rings is 2. The fourth-order valence-corrected chi connectivity index (χ4v) is 5.34. The number of ether oxygens (including phenoxy) is 1. The fourth-order valence-electron chi connectivity index (χ4n) is 5.22. The van der Waals surface area contributed by atoms with Gasteiger partial charge < -0.3 is 21.1 Å². The number of aliphatic imine (C=N–C) groups is 1. The lowest BCUT2D eigenvalue weighted by Crippen LogP contribution is -2.31. The molecule has 0 saturated heterocycles. The third kappa shape index (κ3) is 15.9. The minimum Gasteiger partial charge on any atom is -0.489 e. The summed E-state index contributed by atoms with van der Waals surface area (Å²) in [4.78, 5) is 28.9. The van der Waals surface area contributed by atoms with Crippen molar-refractivity contribution >= 4 is 46.6 Å². The van der Waals surface area contributed by atoms with Gasteiger partial charge >= 0.3 is 0 Å². The van der Waals surface area contributed by atoms with Crippen molar-refractivity contribution in [1.29, 1.82) is 0 Å². The van der Waals surface area contributed by atoms with Gasteiger partial charge in [0, 0.05) is 41.4 Å². The van der Waals surface area contributed by atoms with Gasteiger partial charge in [-0.25, -0.2) is 4.39 Å². The van der Waals surface area contributed by atoms with Crippen molar-refractivity contribution in [3.8, 4) is 0 Å². The number of unbranched alkanes of at least 4 members (excludes halogenated alkanes) is 4. The van der Waals surface area contributed by atoms with Gasteiger partial charge in [0.1, 0.15) is 12.4 Å². The first-order valence-corrected chi connectivity index (χ1v) is 17.9. The molecule has 0 saturated carbocycles. The number of primary amides is 1. The highest BCUT2D eigenvalue weighted by atomic mass is 35.5. The van der Waals surface area contributed by atoms with Gasteiger partial charge in [-0.2, -0.15) is 0 Å². The number of carbonyl (C=O) groups is 2. The van der Waals surface area contributed by atoms with Crippen LogP contribution in [-0.2, 0) is 9.53 Å². The normalized spacial score (nSPS) is 14.0. The first-order valence-electron chi connectivity index (χ1n) is 17.5. The third-order valence-electron chi connectivity index (χ3n) is 7.85. The average Bonchev–Trinajstić information content (AvgIpc) is 3.09. The van der Waals surface area contributed by atoms with Crippen molar-refractivity contribution in [2.45, 2.75) is 98.1 Å². The number of nitrogens with one attached hydrogen (secondary N) is 2. The Hall–Kier alpha value is -4.43. The Bertz CT molecular complexity index is 1540. The second-order valence-corrected chi connectivity index (χ2v) is 12.6. The average molecular weight is 705 g/mol. The van der Waals surface area contributed by atoms with Gasteiger partial charge in [0.15, 0.2) is 0 Å². The molecule has 0 radical (unpaired) electrons. The number of carbonyl (C=O) groups excluding carboxylic acids is 2. The number of anilines is 1. The zero-order chi connectivity index (χ0) is 36.7. The minimum absolute atomic E-state index is 0.0154. The Balaban J connectivity index is 2.27. The maximum Gasteiger partial charge on any atom is 0.248 e. The summed E-state index contributed by atoms with van der Waals surface area (Å²) < 4.78 is 19.5. The van der Waals surface area contributed by atoms with Crippen LogP contribution in [0.25, 0.3) is 5.57 Å². The van der Waals surface area contributed by atoms with E-state index in [9.17, 15) is 14.0 Å². The molecule has 9 heteroatoms. The molecule has 2 atom stereocenters. The number of nitrogens with two attached hydrogens (primary N) is 1. The van der Waals surface area contributed by atoms with E-state index in [0.717, 1.165) is 48.1 Å². The van der Waals surface area contributed by atoms with Crippen molar-refractivity contribution in [3.63, 3.8) is 0 Å². The molecule has 0 fully saturated rings. The van der Waals surface area contributed by atoms with Gasteiger partial charge in [-0.05, 0) is 92.8 Å². The number of amides is 2. The van der Waals surface area contributed by atoms with E-state index in [-0.39, 0.29) is 30.4 Å². The Morgan fingerprint density at radius 1 is 1.00 bits per heavy atom. The predicted molar refractivity (Wildman–Crippen MR) is 209 cm³/mol. The molecule has 4 N–H and O–H groups in total. The lowest BCUT2D eigenvalue weighted by atomic mass is 9.96. The molecule has 0 spiro atoms. The van der Waals surface area contributed by atoms with Crippen LogP contribution >= 0.6 is 11.6 Å². The lowest BCUT2D eigenvalue weighted by Gasteiger charge is -2.18. The van der Waals surface area contributed by atoms with Gasteiger partial charge in [-0.15, -0.1) is 0 Å². The standard InChI is InChI=1S/C41H54ClFN4O3/c1-6-9-11-12-15-30(4)46-38-23-20-33(41(44)49)28-39(38)45-26-14-13-16-36(24-25-43)50-29-34(27-31(5)47-40(48)17-10-7-2)37(8-3)32-18-21-35(42)22-19-32/h8,13-14,16,18-28,30-31,46H,6-7,9-12,15,17,29H2,1-5H3,(H2,44,49)(H,47,48)/b14-13+,25-24+,34-27-,36-16+,37-8-,45-26?. The van der Waals surface area contributed by atoms with Gasteiger partial charge in [0.05, 0.1) is 17.7 Å². The number of rotatable bonds is 22. The topological polar surface area (TPSA) is 106 Å². The highest BCUT2D eigenvalue weighted by molar-refractivity contribution is 6.30. The van der Waals surface area contributed by atoms with Crippen molar-refractivity contribution in [1.82, 2.24) is 5.32 Å². The molecule has 0 aliphatic carbocycles. The van der Waals surface area contributed by atoms with Crippen LogP contribution in [0.3, 0.4) is 0 Å². The van der Waals surface area contributed by atoms with Crippen LogP contribution in [0.5, 0.6) is 0 Å². The van der Waals surface area contributed by atoms with Crippen LogP contribution in [0.15, 0.2) is 102 Å². The molecule has 2 rings (SSSR count). The Morgan fingerprint density at radius 2 is 1.72 bits per heavy atom. The van der Waals surface area contributed by atoms with E-state index in [1.165, 1.54) is 25.3 Å². The molecule has 2 aromatic carbocycles. The summed E-state index contributed by atoms with van der Waals surface area (Å²) in [5, 5.41) is 7.16. The smallest absolute Gasteiger partial charge is 0.248 e. The Kier molecular flexibility index (Phi) is 19.9. The SMILES string of the molecule is C/C=C(\C(=C/C(C)NC(=O)CCCC)COC(/C=C/F)=C/C=C/C=Nc1cc(C(N)=O)ccc1NC(C)CCCCCC)c1ccc(Cl)cc1. The van der Waals surface area contributed by atoms with Gasteiger partial charge in [-0.3, -0.25) is 14.6 Å². The molecular weight excluding hydrogens is 651 g/mol. The molecule has 50 heavy (non-hydrogen) atoms. The van der Waals surface area contributed by atoms with Crippen LogP contribution < -0.4 is 16.4 Å². The fraction of sp³-hybridized carbons (Fsp3) is 0.390. The highest BCUT2D eigenvalue weighted by Gasteiger charge is 2.13. The van der Waals surface area contributed by atoms with E-state index >= 15 is 0 Å². The first kappa shape index (κ1) is 41.7. The number of hydrogen-bond acceptors (Lipinski definition) is 5. The van der Waals surface area contributed by atoms with Crippen LogP contribution in [-0.4, -0.2) is 36.7 Å². The van der Waals surface area contributed by atoms with Crippen LogP contribution in [0.1, 0.15) is 102 Å². The van der Waals surface area contributed by atoms with E-state index in [0.29, 0.717) is 29.0 Å². The Morgan fingerprint density at radius 3 is 2.38 bits per heavy atom. The summed E-state index contributed by atoms with van der Waals surface area (Å²) in [6.45, 7) is 10.3. The third-order valence-corrected chi connectivity index (χ3v) is 8.11. The second-order valence-electron chi connectivity index (χ2n) is 12.2. The number of nitrogens with zero attached hydrogens (tertiary/aromatic N) is 1. The summed E-state index contributed by atoms with van der Waals surface area (Å²) in [5.74, 6) is -0.264. The summed E-state index contributed by atoms with van der Waals surface area (Å²) >= 11 is 6.14. The van der Waals surface area contributed by atoms with E-state index in [2.05, 4.69) is 29.5 Å². The number of halogens is 2. The number of hydrogen-bond donors (Lipinski definition) is 3.